The number of ether oxygens (including phenoxy) is 2. The number of aliphatic hydroxyl groups excluding tert-OH is 1. The number of thioether (sulfide) groups is 1. The molecule has 0 saturated carbocycles. The topological polar surface area (TPSA) is 38.7 Å². The van der Waals surface area contributed by atoms with E-state index in [1.165, 1.54) is 5.75 Å². The van der Waals surface area contributed by atoms with Gasteiger partial charge in [-0.3, -0.25) is 0 Å². The molecule has 4 heteroatoms. The van der Waals surface area contributed by atoms with Gasteiger partial charge in [-0.1, -0.05) is 24.3 Å². The molecule has 2 heterocycles. The van der Waals surface area contributed by atoms with Crippen molar-refractivity contribution < 1.29 is 14.6 Å². The van der Waals surface area contributed by atoms with Gasteiger partial charge in [0.1, 0.15) is 0 Å². The van der Waals surface area contributed by atoms with E-state index in [1.54, 1.807) is 7.11 Å². The van der Waals surface area contributed by atoms with Crippen LogP contribution in [0.1, 0.15) is 36.5 Å². The first-order valence-electron chi connectivity index (χ1n) is 7.70. The Morgan fingerprint density at radius 1 is 1.43 bits per heavy atom. The first kappa shape index (κ1) is 15.3. The highest BCUT2D eigenvalue weighted by Gasteiger charge is 2.42. The summed E-state index contributed by atoms with van der Waals surface area (Å²) in [4.78, 5) is 0. The fraction of sp³-hybridized carbons (Fsp3) is 0.647. The molecule has 0 amide bonds. The molecule has 3 rings (SSSR count). The molecule has 0 bridgehead atoms. The van der Waals surface area contributed by atoms with Crippen LogP contribution >= 0.6 is 11.8 Å². The molecule has 3 nitrogen and oxygen atoms in total. The van der Waals surface area contributed by atoms with Crippen molar-refractivity contribution in [2.45, 2.75) is 37.6 Å². The number of hydrogen-bond donors (Lipinski definition) is 1. The van der Waals surface area contributed by atoms with Crippen molar-refractivity contribution in [3.8, 4) is 0 Å². The van der Waals surface area contributed by atoms with Crippen LogP contribution in [0.3, 0.4) is 0 Å². The highest BCUT2D eigenvalue weighted by Crippen LogP contribution is 2.43. The number of hydrogen-bond acceptors (Lipinski definition) is 4. The molecule has 1 aromatic carbocycles. The summed E-state index contributed by atoms with van der Waals surface area (Å²) in [5, 5.41) is 10.7. The van der Waals surface area contributed by atoms with Crippen molar-refractivity contribution in [2.75, 3.05) is 25.2 Å². The first-order valence-corrected chi connectivity index (χ1v) is 8.85. The van der Waals surface area contributed by atoms with Crippen LogP contribution in [0.2, 0.25) is 0 Å². The van der Waals surface area contributed by atoms with Crippen molar-refractivity contribution >= 4 is 11.8 Å². The Labute approximate surface area is 131 Å². The van der Waals surface area contributed by atoms with Crippen molar-refractivity contribution in [1.82, 2.24) is 0 Å². The van der Waals surface area contributed by atoms with E-state index in [9.17, 15) is 5.11 Å². The van der Waals surface area contributed by atoms with Crippen LogP contribution in [-0.4, -0.2) is 35.9 Å². The Morgan fingerprint density at radius 2 is 2.24 bits per heavy atom. The monoisotopic (exact) mass is 308 g/mol. The Balaban J connectivity index is 1.67. The molecular formula is C17H24O3S. The second kappa shape index (κ2) is 6.69. The average molecular weight is 308 g/mol. The molecule has 2 fully saturated rings. The fourth-order valence-corrected chi connectivity index (χ4v) is 4.83. The van der Waals surface area contributed by atoms with Crippen LogP contribution in [0, 0.1) is 5.92 Å². The molecule has 2 aliphatic rings. The summed E-state index contributed by atoms with van der Waals surface area (Å²) in [5.74, 6) is 2.59. The summed E-state index contributed by atoms with van der Waals surface area (Å²) in [5.41, 5.74) is 2.19. The predicted molar refractivity (Wildman–Crippen MR) is 85.5 cm³/mol. The molecule has 2 aliphatic heterocycles. The molecule has 1 aromatic rings. The van der Waals surface area contributed by atoms with E-state index in [1.807, 2.05) is 36.0 Å². The van der Waals surface area contributed by atoms with Gasteiger partial charge in [-0.15, -0.1) is 0 Å². The van der Waals surface area contributed by atoms with E-state index < -0.39 is 0 Å². The normalized spacial score (nSPS) is 30.7. The molecule has 0 aliphatic carbocycles. The van der Waals surface area contributed by atoms with E-state index in [-0.39, 0.29) is 11.7 Å². The molecule has 3 unspecified atom stereocenters. The minimum Gasteiger partial charge on any atom is -0.388 e. The highest BCUT2D eigenvalue weighted by atomic mass is 32.2. The highest BCUT2D eigenvalue weighted by molar-refractivity contribution is 7.99. The SMILES string of the molecule is COCc1ccc(C(O)C2CCOC3(CCSC3)C2)cc1. The molecule has 0 radical (unpaired) electrons. The maximum atomic E-state index is 10.7. The van der Waals surface area contributed by atoms with Gasteiger partial charge in [0.05, 0.1) is 18.3 Å². The number of aliphatic hydroxyl groups is 1. The maximum Gasteiger partial charge on any atom is 0.0820 e. The van der Waals surface area contributed by atoms with Gasteiger partial charge in [-0.2, -0.15) is 11.8 Å². The van der Waals surface area contributed by atoms with Crippen molar-refractivity contribution in [3.63, 3.8) is 0 Å². The molecule has 3 atom stereocenters. The van der Waals surface area contributed by atoms with Gasteiger partial charge in [0.2, 0.25) is 0 Å². The first-order chi connectivity index (χ1) is 10.2. The zero-order valence-electron chi connectivity index (χ0n) is 12.6. The minimum absolute atomic E-state index is 0.0323. The third kappa shape index (κ3) is 3.45. The van der Waals surface area contributed by atoms with Crippen molar-refractivity contribution in [3.05, 3.63) is 35.4 Å². The van der Waals surface area contributed by atoms with E-state index in [2.05, 4.69) is 0 Å². The van der Waals surface area contributed by atoms with Gasteiger partial charge in [0, 0.05) is 19.5 Å². The lowest BCUT2D eigenvalue weighted by atomic mass is 9.80. The summed E-state index contributed by atoms with van der Waals surface area (Å²) in [6.07, 6.45) is 2.69. The second-order valence-corrected chi connectivity index (χ2v) is 7.31. The Kier molecular flexibility index (Phi) is 4.89. The summed E-state index contributed by atoms with van der Waals surface area (Å²) in [7, 11) is 1.70. The predicted octanol–water partition coefficient (Wildman–Crippen LogP) is 3.17. The van der Waals surface area contributed by atoms with Gasteiger partial charge in [-0.25, -0.2) is 0 Å². The molecule has 116 valence electrons. The van der Waals surface area contributed by atoms with Crippen LogP contribution in [0.25, 0.3) is 0 Å². The van der Waals surface area contributed by atoms with Gasteiger partial charge < -0.3 is 14.6 Å². The maximum absolute atomic E-state index is 10.7. The second-order valence-electron chi connectivity index (χ2n) is 6.21. The Hall–Kier alpha value is -0.550. The lowest BCUT2D eigenvalue weighted by molar-refractivity contribution is -0.102. The Bertz CT molecular complexity index is 454. The lowest BCUT2D eigenvalue weighted by Gasteiger charge is -2.39. The van der Waals surface area contributed by atoms with E-state index in [0.29, 0.717) is 12.5 Å². The number of methoxy groups -OCH3 is 1. The molecular weight excluding hydrogens is 284 g/mol. The molecule has 1 N–H and O–H groups in total. The lowest BCUT2D eigenvalue weighted by Crippen LogP contribution is -2.41. The minimum atomic E-state index is -0.382. The molecule has 0 aromatic heterocycles. The number of rotatable bonds is 4. The van der Waals surface area contributed by atoms with Gasteiger partial charge >= 0.3 is 0 Å². The van der Waals surface area contributed by atoms with Gasteiger partial charge in [-0.05, 0) is 42.1 Å². The third-order valence-corrected chi connectivity index (χ3v) is 5.90. The smallest absolute Gasteiger partial charge is 0.0820 e. The van der Waals surface area contributed by atoms with E-state index in [0.717, 1.165) is 42.7 Å². The summed E-state index contributed by atoms with van der Waals surface area (Å²) in [6, 6.07) is 8.15. The van der Waals surface area contributed by atoms with Crippen molar-refractivity contribution in [1.29, 1.82) is 0 Å². The summed E-state index contributed by atoms with van der Waals surface area (Å²) >= 11 is 1.98. The van der Waals surface area contributed by atoms with Crippen LogP contribution in [0.15, 0.2) is 24.3 Å². The van der Waals surface area contributed by atoms with Crippen LogP contribution in [0.4, 0.5) is 0 Å². The molecule has 21 heavy (non-hydrogen) atoms. The van der Waals surface area contributed by atoms with Crippen LogP contribution < -0.4 is 0 Å². The third-order valence-electron chi connectivity index (χ3n) is 4.68. The largest absolute Gasteiger partial charge is 0.388 e. The standard InChI is InChI=1S/C17H24O3S/c1-19-11-13-2-4-14(5-3-13)16(18)15-6-8-20-17(10-15)7-9-21-12-17/h2-5,15-16,18H,6-12H2,1H3. The quantitative estimate of drug-likeness (QED) is 0.927. The van der Waals surface area contributed by atoms with Crippen LogP contribution in [0.5, 0.6) is 0 Å². The van der Waals surface area contributed by atoms with E-state index >= 15 is 0 Å². The van der Waals surface area contributed by atoms with E-state index in [4.69, 9.17) is 9.47 Å². The average Bonchev–Trinajstić information content (AvgIpc) is 2.95. The number of benzene rings is 1. The Morgan fingerprint density at radius 3 is 2.90 bits per heavy atom. The van der Waals surface area contributed by atoms with Gasteiger partial charge in [0.15, 0.2) is 0 Å². The zero-order valence-corrected chi connectivity index (χ0v) is 13.4. The zero-order chi connectivity index (χ0) is 14.7. The van der Waals surface area contributed by atoms with Crippen molar-refractivity contribution in [2.24, 2.45) is 5.92 Å². The molecule has 2 saturated heterocycles. The van der Waals surface area contributed by atoms with Crippen LogP contribution in [-0.2, 0) is 16.1 Å². The summed E-state index contributed by atoms with van der Waals surface area (Å²) < 4.78 is 11.2. The fourth-order valence-electron chi connectivity index (χ4n) is 3.45. The van der Waals surface area contributed by atoms with Gasteiger partial charge in [0.25, 0.3) is 0 Å². The molecule has 1 spiro atoms. The summed E-state index contributed by atoms with van der Waals surface area (Å²) in [6.45, 7) is 1.40.